The van der Waals surface area contributed by atoms with Crippen LogP contribution >= 0.6 is 0 Å². The third-order valence-electron chi connectivity index (χ3n) is 5.79. The van der Waals surface area contributed by atoms with Crippen molar-refractivity contribution in [2.24, 2.45) is 11.7 Å². The summed E-state index contributed by atoms with van der Waals surface area (Å²) >= 11 is 0. The van der Waals surface area contributed by atoms with Crippen LogP contribution in [0.3, 0.4) is 0 Å². The Hall–Kier alpha value is -0.0800. The van der Waals surface area contributed by atoms with Gasteiger partial charge in [0.2, 0.25) is 0 Å². The van der Waals surface area contributed by atoms with Crippen LogP contribution in [0, 0.1) is 5.92 Å². The lowest BCUT2D eigenvalue weighted by molar-refractivity contribution is 0.0746. The molecule has 2 saturated carbocycles. The molecule has 0 heterocycles. The molecule has 2 heteroatoms. The largest absolute Gasteiger partial charge is 0.330 e. The second-order valence-electron chi connectivity index (χ2n) is 7.12. The van der Waals surface area contributed by atoms with Crippen LogP contribution in [0.1, 0.15) is 84.0 Å². The minimum Gasteiger partial charge on any atom is -0.330 e. The number of nitrogens with two attached hydrogens (primary N) is 1. The molecule has 2 fully saturated rings. The van der Waals surface area contributed by atoms with Gasteiger partial charge in [0.05, 0.1) is 0 Å². The fraction of sp³-hybridized carbons (Fsp3) is 1.00. The molecule has 2 aliphatic carbocycles. The summed E-state index contributed by atoms with van der Waals surface area (Å²) in [5.41, 5.74) is 5.91. The van der Waals surface area contributed by atoms with E-state index >= 15 is 0 Å². The molecule has 0 saturated heterocycles. The molecular formula is C18H36N2. The lowest BCUT2D eigenvalue weighted by Gasteiger charge is -2.42. The van der Waals surface area contributed by atoms with Gasteiger partial charge in [0.15, 0.2) is 0 Å². The fourth-order valence-corrected chi connectivity index (χ4v) is 4.31. The van der Waals surface area contributed by atoms with Crippen LogP contribution in [0.25, 0.3) is 0 Å². The molecule has 2 rings (SSSR count). The summed E-state index contributed by atoms with van der Waals surface area (Å²) in [6, 6.07) is 1.78. The van der Waals surface area contributed by atoms with Crippen LogP contribution in [0.5, 0.6) is 0 Å². The molecule has 0 bridgehead atoms. The Labute approximate surface area is 126 Å². The summed E-state index contributed by atoms with van der Waals surface area (Å²) in [4.78, 5) is 2.93. The SMILES string of the molecule is CCC(CN)CCN(C1CCCCC1)C1CCCCC1. The molecule has 0 amide bonds. The molecule has 1 atom stereocenters. The first-order valence-corrected chi connectivity index (χ1v) is 9.31. The summed E-state index contributed by atoms with van der Waals surface area (Å²) < 4.78 is 0. The molecule has 0 radical (unpaired) electrons. The molecule has 118 valence electrons. The number of rotatable bonds is 7. The average molecular weight is 280 g/mol. The van der Waals surface area contributed by atoms with Crippen LogP contribution in [-0.4, -0.2) is 30.1 Å². The van der Waals surface area contributed by atoms with E-state index in [1.165, 1.54) is 83.6 Å². The highest BCUT2D eigenvalue weighted by Gasteiger charge is 2.28. The Morgan fingerprint density at radius 2 is 1.40 bits per heavy atom. The van der Waals surface area contributed by atoms with Gasteiger partial charge in [-0.25, -0.2) is 0 Å². The molecule has 0 aromatic rings. The first-order valence-electron chi connectivity index (χ1n) is 9.31. The van der Waals surface area contributed by atoms with Crippen molar-refractivity contribution >= 4 is 0 Å². The third-order valence-corrected chi connectivity index (χ3v) is 5.79. The van der Waals surface area contributed by atoms with Crippen LogP contribution in [0.4, 0.5) is 0 Å². The monoisotopic (exact) mass is 280 g/mol. The fourth-order valence-electron chi connectivity index (χ4n) is 4.31. The molecule has 0 aliphatic heterocycles. The first kappa shape index (κ1) is 16.3. The van der Waals surface area contributed by atoms with Crippen molar-refractivity contribution in [3.63, 3.8) is 0 Å². The average Bonchev–Trinajstić information content (AvgIpc) is 2.53. The molecular weight excluding hydrogens is 244 g/mol. The first-order chi connectivity index (χ1) is 9.85. The zero-order valence-electron chi connectivity index (χ0n) is 13.7. The van der Waals surface area contributed by atoms with Gasteiger partial charge in [-0.1, -0.05) is 51.9 Å². The standard InChI is InChI=1S/C18H36N2/c1-2-16(15-19)13-14-20(17-9-5-3-6-10-17)18-11-7-4-8-12-18/h16-18H,2-15,19H2,1H3. The highest BCUT2D eigenvalue weighted by molar-refractivity contribution is 4.84. The van der Waals surface area contributed by atoms with Gasteiger partial charge in [-0.2, -0.15) is 0 Å². The van der Waals surface area contributed by atoms with Crippen molar-refractivity contribution in [2.75, 3.05) is 13.1 Å². The maximum atomic E-state index is 5.91. The third kappa shape index (κ3) is 4.73. The van der Waals surface area contributed by atoms with Gasteiger partial charge in [-0.3, -0.25) is 4.90 Å². The Morgan fingerprint density at radius 3 is 1.80 bits per heavy atom. The van der Waals surface area contributed by atoms with Gasteiger partial charge < -0.3 is 5.73 Å². The highest BCUT2D eigenvalue weighted by atomic mass is 15.2. The van der Waals surface area contributed by atoms with E-state index in [2.05, 4.69) is 11.8 Å². The highest BCUT2D eigenvalue weighted by Crippen LogP contribution is 2.30. The van der Waals surface area contributed by atoms with E-state index in [0.717, 1.165) is 24.5 Å². The second-order valence-corrected chi connectivity index (χ2v) is 7.12. The zero-order chi connectivity index (χ0) is 14.2. The summed E-state index contributed by atoms with van der Waals surface area (Å²) in [7, 11) is 0. The van der Waals surface area contributed by atoms with E-state index in [1.807, 2.05) is 0 Å². The molecule has 20 heavy (non-hydrogen) atoms. The van der Waals surface area contributed by atoms with Crippen LogP contribution < -0.4 is 5.73 Å². The van der Waals surface area contributed by atoms with Crippen molar-refractivity contribution in [3.05, 3.63) is 0 Å². The Kier molecular flexibility index (Phi) is 7.37. The van der Waals surface area contributed by atoms with Crippen molar-refractivity contribution in [2.45, 2.75) is 96.1 Å². The Morgan fingerprint density at radius 1 is 0.900 bits per heavy atom. The van der Waals surface area contributed by atoms with E-state index in [9.17, 15) is 0 Å². The number of nitrogens with zero attached hydrogens (tertiary/aromatic N) is 1. The van der Waals surface area contributed by atoms with E-state index in [1.54, 1.807) is 0 Å². The van der Waals surface area contributed by atoms with Crippen LogP contribution in [0.15, 0.2) is 0 Å². The molecule has 1 unspecified atom stereocenters. The number of hydrogen-bond donors (Lipinski definition) is 1. The summed E-state index contributed by atoms with van der Waals surface area (Å²) in [6.07, 6.45) is 17.2. The lowest BCUT2D eigenvalue weighted by Crippen LogP contribution is -2.46. The van der Waals surface area contributed by atoms with E-state index < -0.39 is 0 Å². The van der Waals surface area contributed by atoms with Gasteiger partial charge >= 0.3 is 0 Å². The zero-order valence-corrected chi connectivity index (χ0v) is 13.7. The quantitative estimate of drug-likeness (QED) is 0.752. The molecule has 0 aromatic heterocycles. The molecule has 2 aliphatic rings. The Balaban J connectivity index is 1.91. The van der Waals surface area contributed by atoms with Crippen LogP contribution in [0.2, 0.25) is 0 Å². The summed E-state index contributed by atoms with van der Waals surface area (Å²) in [5, 5.41) is 0. The maximum Gasteiger partial charge on any atom is 0.00981 e. The van der Waals surface area contributed by atoms with Gasteiger partial charge in [0.1, 0.15) is 0 Å². The second kappa shape index (κ2) is 9.04. The van der Waals surface area contributed by atoms with E-state index in [0.29, 0.717) is 0 Å². The predicted octanol–water partition coefficient (Wildman–Crippen LogP) is 4.33. The number of hydrogen-bond acceptors (Lipinski definition) is 2. The van der Waals surface area contributed by atoms with Crippen molar-refractivity contribution in [1.82, 2.24) is 4.90 Å². The van der Waals surface area contributed by atoms with Gasteiger partial charge in [-0.15, -0.1) is 0 Å². The molecule has 2 nitrogen and oxygen atoms in total. The molecule has 2 N–H and O–H groups in total. The predicted molar refractivity (Wildman–Crippen MR) is 87.9 cm³/mol. The lowest BCUT2D eigenvalue weighted by atomic mass is 9.88. The Bertz CT molecular complexity index is 220. The normalized spacial score (nSPS) is 24.1. The van der Waals surface area contributed by atoms with E-state index in [4.69, 9.17) is 5.73 Å². The van der Waals surface area contributed by atoms with Crippen LogP contribution in [-0.2, 0) is 0 Å². The van der Waals surface area contributed by atoms with Gasteiger partial charge in [0.25, 0.3) is 0 Å². The van der Waals surface area contributed by atoms with Gasteiger partial charge in [0, 0.05) is 12.1 Å². The van der Waals surface area contributed by atoms with E-state index in [-0.39, 0.29) is 0 Å². The summed E-state index contributed by atoms with van der Waals surface area (Å²) in [6.45, 7) is 4.48. The minimum absolute atomic E-state index is 0.740. The minimum atomic E-state index is 0.740. The smallest absolute Gasteiger partial charge is 0.00981 e. The van der Waals surface area contributed by atoms with Gasteiger partial charge in [-0.05, 0) is 51.1 Å². The molecule has 0 aromatic carbocycles. The molecule has 0 spiro atoms. The maximum absolute atomic E-state index is 5.91. The van der Waals surface area contributed by atoms with Crippen molar-refractivity contribution < 1.29 is 0 Å². The van der Waals surface area contributed by atoms with Crippen molar-refractivity contribution in [3.8, 4) is 0 Å². The topological polar surface area (TPSA) is 29.3 Å². The summed E-state index contributed by atoms with van der Waals surface area (Å²) in [5.74, 6) is 0.740. The van der Waals surface area contributed by atoms with Crippen molar-refractivity contribution in [1.29, 1.82) is 0 Å².